The second-order valence-corrected chi connectivity index (χ2v) is 7.08. The monoisotopic (exact) mass is 339 g/mol. The predicted octanol–water partition coefficient (Wildman–Crippen LogP) is 2.87. The molecule has 1 aromatic rings. The molecule has 23 heavy (non-hydrogen) atoms. The molecule has 0 aromatic heterocycles. The van der Waals surface area contributed by atoms with E-state index in [2.05, 4.69) is 5.32 Å². The summed E-state index contributed by atoms with van der Waals surface area (Å²) in [4.78, 5) is 24.4. The zero-order valence-corrected chi connectivity index (χ0v) is 14.5. The molecule has 1 fully saturated rings. The first-order chi connectivity index (χ1) is 10.7. The Balaban J connectivity index is 2.20. The van der Waals surface area contributed by atoms with E-state index in [1.54, 1.807) is 12.1 Å². The molecule has 0 radical (unpaired) electrons. The Morgan fingerprint density at radius 3 is 2.30 bits per heavy atom. The molecular weight excluding hydrogens is 318 g/mol. The third kappa shape index (κ3) is 4.45. The van der Waals surface area contributed by atoms with Crippen molar-refractivity contribution in [2.24, 2.45) is 5.92 Å². The summed E-state index contributed by atoms with van der Waals surface area (Å²) in [6, 6.07) is 6.35. The molecule has 0 bridgehead atoms. The summed E-state index contributed by atoms with van der Waals surface area (Å²) in [5.74, 6) is -1.15. The topological polar surface area (TPSA) is 64.6 Å². The average molecular weight is 340 g/mol. The Hall–Kier alpha value is -1.59. The summed E-state index contributed by atoms with van der Waals surface area (Å²) in [5, 5.41) is 3.81. The van der Waals surface area contributed by atoms with Crippen molar-refractivity contribution in [2.45, 2.75) is 44.9 Å². The van der Waals surface area contributed by atoms with Crippen molar-refractivity contribution in [2.75, 3.05) is 7.11 Å². The Morgan fingerprint density at radius 1 is 1.17 bits per heavy atom. The molecule has 0 amide bonds. The lowest BCUT2D eigenvalue weighted by Crippen LogP contribution is -2.38. The van der Waals surface area contributed by atoms with Gasteiger partial charge in [-0.15, -0.1) is 0 Å². The van der Waals surface area contributed by atoms with E-state index in [-0.39, 0.29) is 18.0 Å². The molecule has 1 saturated heterocycles. The molecule has 6 heteroatoms. The van der Waals surface area contributed by atoms with Crippen molar-refractivity contribution < 1.29 is 19.1 Å². The second-order valence-electron chi connectivity index (χ2n) is 6.65. The van der Waals surface area contributed by atoms with Crippen LogP contribution in [0.4, 0.5) is 0 Å². The molecule has 1 aliphatic rings. The van der Waals surface area contributed by atoms with Gasteiger partial charge in [-0.1, -0.05) is 23.7 Å². The van der Waals surface area contributed by atoms with Gasteiger partial charge in [-0.3, -0.25) is 14.9 Å². The van der Waals surface area contributed by atoms with E-state index in [9.17, 15) is 9.59 Å². The lowest BCUT2D eigenvalue weighted by atomic mass is 9.93. The fourth-order valence-electron chi connectivity index (χ4n) is 2.71. The maximum Gasteiger partial charge on any atom is 0.323 e. The smallest absolute Gasteiger partial charge is 0.323 e. The van der Waals surface area contributed by atoms with Gasteiger partial charge in [0.25, 0.3) is 0 Å². The van der Waals surface area contributed by atoms with Gasteiger partial charge in [0.1, 0.15) is 11.6 Å². The van der Waals surface area contributed by atoms with E-state index in [1.807, 2.05) is 32.9 Å². The highest BCUT2D eigenvalue weighted by Gasteiger charge is 2.43. The summed E-state index contributed by atoms with van der Waals surface area (Å²) < 4.78 is 10.3. The summed E-state index contributed by atoms with van der Waals surface area (Å²) in [6.07, 6.45) is 0.342. The summed E-state index contributed by atoms with van der Waals surface area (Å²) >= 11 is 5.91. The van der Waals surface area contributed by atoms with Gasteiger partial charge in [0.05, 0.1) is 13.0 Å². The minimum absolute atomic E-state index is 0.308. The van der Waals surface area contributed by atoms with Crippen molar-refractivity contribution >= 4 is 23.5 Å². The first kappa shape index (κ1) is 17.8. The number of nitrogens with one attached hydrogen (secondary N) is 1. The molecule has 2 rings (SSSR count). The first-order valence-electron chi connectivity index (χ1n) is 7.53. The quantitative estimate of drug-likeness (QED) is 0.858. The van der Waals surface area contributed by atoms with Crippen molar-refractivity contribution in [3.8, 4) is 0 Å². The highest BCUT2D eigenvalue weighted by atomic mass is 35.5. The van der Waals surface area contributed by atoms with E-state index >= 15 is 0 Å². The number of esters is 2. The Labute approximate surface area is 141 Å². The highest BCUT2D eigenvalue weighted by molar-refractivity contribution is 6.30. The third-order valence-electron chi connectivity index (χ3n) is 3.70. The molecule has 3 unspecified atom stereocenters. The van der Waals surface area contributed by atoms with E-state index < -0.39 is 17.6 Å². The number of benzene rings is 1. The van der Waals surface area contributed by atoms with Gasteiger partial charge in [-0.2, -0.15) is 0 Å². The van der Waals surface area contributed by atoms with Gasteiger partial charge in [-0.05, 0) is 44.9 Å². The molecule has 0 saturated carbocycles. The normalized spacial score (nSPS) is 24.3. The van der Waals surface area contributed by atoms with Crippen LogP contribution in [0, 0.1) is 5.92 Å². The largest absolute Gasteiger partial charge is 0.469 e. The van der Waals surface area contributed by atoms with Crippen LogP contribution in [-0.4, -0.2) is 30.7 Å². The average Bonchev–Trinajstić information content (AvgIpc) is 2.91. The second kappa shape index (κ2) is 6.89. The van der Waals surface area contributed by atoms with E-state index in [4.69, 9.17) is 21.1 Å². The molecular formula is C17H22ClNO4. The van der Waals surface area contributed by atoms with Crippen LogP contribution in [0.25, 0.3) is 0 Å². The Bertz CT molecular complexity index is 579. The highest BCUT2D eigenvalue weighted by Crippen LogP contribution is 2.35. The Morgan fingerprint density at radius 2 is 1.78 bits per heavy atom. The van der Waals surface area contributed by atoms with Crippen LogP contribution in [0.15, 0.2) is 24.3 Å². The van der Waals surface area contributed by atoms with Gasteiger partial charge < -0.3 is 9.47 Å². The van der Waals surface area contributed by atoms with Crippen molar-refractivity contribution in [1.82, 2.24) is 5.32 Å². The third-order valence-corrected chi connectivity index (χ3v) is 3.95. The Kier molecular flexibility index (Phi) is 5.32. The van der Waals surface area contributed by atoms with Crippen LogP contribution in [0.1, 0.15) is 38.8 Å². The fourth-order valence-corrected chi connectivity index (χ4v) is 2.84. The zero-order chi connectivity index (χ0) is 17.2. The zero-order valence-electron chi connectivity index (χ0n) is 13.8. The van der Waals surface area contributed by atoms with Gasteiger partial charge in [-0.25, -0.2) is 0 Å². The van der Waals surface area contributed by atoms with E-state index in [0.29, 0.717) is 11.4 Å². The van der Waals surface area contributed by atoms with Gasteiger partial charge in [0.2, 0.25) is 0 Å². The minimum Gasteiger partial charge on any atom is -0.469 e. The van der Waals surface area contributed by atoms with Crippen LogP contribution in [0.5, 0.6) is 0 Å². The number of carbonyl (C=O) groups excluding carboxylic acids is 2. The van der Waals surface area contributed by atoms with Gasteiger partial charge in [0, 0.05) is 11.1 Å². The van der Waals surface area contributed by atoms with Crippen molar-refractivity contribution in [3.05, 3.63) is 34.9 Å². The number of ether oxygens (including phenoxy) is 2. The lowest BCUT2D eigenvalue weighted by molar-refractivity contribution is -0.157. The molecule has 0 aliphatic carbocycles. The predicted molar refractivity (Wildman–Crippen MR) is 87.1 cm³/mol. The van der Waals surface area contributed by atoms with Crippen molar-refractivity contribution in [3.63, 3.8) is 0 Å². The van der Waals surface area contributed by atoms with E-state index in [0.717, 1.165) is 5.56 Å². The molecule has 0 spiro atoms. The molecule has 1 aromatic carbocycles. The van der Waals surface area contributed by atoms with Crippen LogP contribution < -0.4 is 5.32 Å². The molecule has 3 atom stereocenters. The number of hydrogen-bond donors (Lipinski definition) is 1. The van der Waals surface area contributed by atoms with Gasteiger partial charge in [0.15, 0.2) is 0 Å². The number of rotatable bonds is 3. The molecule has 126 valence electrons. The SMILES string of the molecule is COC(=O)C1CC(C(=O)OC(C)(C)C)NC1c1ccc(Cl)cc1. The van der Waals surface area contributed by atoms with E-state index in [1.165, 1.54) is 7.11 Å². The van der Waals surface area contributed by atoms with Crippen LogP contribution >= 0.6 is 11.6 Å². The van der Waals surface area contributed by atoms with Crippen LogP contribution in [0.2, 0.25) is 5.02 Å². The maximum absolute atomic E-state index is 12.3. The standard InChI is InChI=1S/C17H22ClNO4/c1-17(2,3)23-16(21)13-9-12(15(20)22-4)14(19-13)10-5-7-11(18)8-6-10/h5-8,12-14,19H,9H2,1-4H3. The van der Waals surface area contributed by atoms with Crippen LogP contribution in [0.3, 0.4) is 0 Å². The molecule has 1 N–H and O–H groups in total. The summed E-state index contributed by atoms with van der Waals surface area (Å²) in [7, 11) is 1.35. The minimum atomic E-state index is -0.572. The lowest BCUT2D eigenvalue weighted by Gasteiger charge is -2.22. The number of methoxy groups -OCH3 is 1. The summed E-state index contributed by atoms with van der Waals surface area (Å²) in [5.41, 5.74) is 0.314. The molecule has 5 nitrogen and oxygen atoms in total. The number of halogens is 1. The molecule has 1 heterocycles. The molecule has 1 aliphatic heterocycles. The van der Waals surface area contributed by atoms with Crippen molar-refractivity contribution in [1.29, 1.82) is 0 Å². The summed E-state index contributed by atoms with van der Waals surface area (Å²) in [6.45, 7) is 5.44. The number of hydrogen-bond acceptors (Lipinski definition) is 5. The van der Waals surface area contributed by atoms with Gasteiger partial charge >= 0.3 is 11.9 Å². The first-order valence-corrected chi connectivity index (χ1v) is 7.91. The maximum atomic E-state index is 12.3. The fraction of sp³-hybridized carbons (Fsp3) is 0.529. The number of carbonyl (C=O) groups is 2. The van der Waals surface area contributed by atoms with Crippen LogP contribution in [-0.2, 0) is 19.1 Å².